The summed E-state index contributed by atoms with van der Waals surface area (Å²) in [5.41, 5.74) is 0.722. The van der Waals surface area contributed by atoms with Crippen molar-refractivity contribution < 1.29 is 19.4 Å². The van der Waals surface area contributed by atoms with E-state index in [1.54, 1.807) is 45.2 Å². The van der Waals surface area contributed by atoms with Crippen molar-refractivity contribution in [3.8, 4) is 0 Å². The molecule has 0 spiro atoms. The predicted molar refractivity (Wildman–Crippen MR) is 77.0 cm³/mol. The van der Waals surface area contributed by atoms with Crippen molar-refractivity contribution in [2.24, 2.45) is 0 Å². The van der Waals surface area contributed by atoms with Gasteiger partial charge in [0.25, 0.3) is 0 Å². The molecule has 2 aromatic rings. The highest BCUT2D eigenvalue weighted by Crippen LogP contribution is 2.12. The van der Waals surface area contributed by atoms with Crippen LogP contribution in [-0.4, -0.2) is 32.0 Å². The molecule has 6 heteroatoms. The molecule has 2 rings (SSSR count). The number of fused-ring (bicyclic) bond motifs is 1. The molecule has 0 aliphatic carbocycles. The van der Waals surface area contributed by atoms with E-state index in [2.05, 4.69) is 4.98 Å². The number of carboxylic acids is 1. The Morgan fingerprint density at radius 1 is 1.33 bits per heavy atom. The van der Waals surface area contributed by atoms with Crippen LogP contribution in [0.5, 0.6) is 0 Å². The number of aromatic carboxylic acids is 1. The molecule has 6 nitrogen and oxygen atoms in total. The van der Waals surface area contributed by atoms with Crippen LogP contribution in [-0.2, 0) is 9.53 Å². The first-order valence-electron chi connectivity index (χ1n) is 6.38. The fourth-order valence-electron chi connectivity index (χ4n) is 1.75. The normalized spacial score (nSPS) is 12.0. The number of carbonyl (C=O) groups is 2. The number of hydrogen-bond acceptors (Lipinski definition) is 4. The van der Waals surface area contributed by atoms with Crippen molar-refractivity contribution >= 4 is 23.7 Å². The van der Waals surface area contributed by atoms with E-state index in [4.69, 9.17) is 9.84 Å². The molecule has 0 unspecified atom stereocenters. The number of esters is 1. The van der Waals surface area contributed by atoms with Crippen molar-refractivity contribution in [3.63, 3.8) is 0 Å². The van der Waals surface area contributed by atoms with Gasteiger partial charge < -0.3 is 9.84 Å². The summed E-state index contributed by atoms with van der Waals surface area (Å²) < 4.78 is 6.61. The molecular formula is C15H16N2O4. The Morgan fingerprint density at radius 3 is 2.67 bits per heavy atom. The van der Waals surface area contributed by atoms with Crippen molar-refractivity contribution in [3.05, 3.63) is 41.9 Å². The van der Waals surface area contributed by atoms with Gasteiger partial charge in [-0.05, 0) is 44.5 Å². The summed E-state index contributed by atoms with van der Waals surface area (Å²) in [6.07, 6.45) is 5.77. The third-order valence-electron chi connectivity index (χ3n) is 2.57. The molecule has 0 saturated heterocycles. The Hall–Kier alpha value is -2.63. The molecule has 2 heterocycles. The SMILES string of the molecule is CC(C)(C)OC(=O)C=Cc1ccc2ncc(C(=O)O)n2c1. The minimum atomic E-state index is -1.06. The van der Waals surface area contributed by atoms with Crippen LogP contribution in [0.2, 0.25) is 0 Å². The summed E-state index contributed by atoms with van der Waals surface area (Å²) in [5.74, 6) is -1.51. The number of carboxylic acid groups (broad SMARTS) is 1. The van der Waals surface area contributed by atoms with Crippen LogP contribution >= 0.6 is 0 Å². The molecule has 1 N–H and O–H groups in total. The maximum Gasteiger partial charge on any atom is 0.354 e. The van der Waals surface area contributed by atoms with Gasteiger partial charge in [0.1, 0.15) is 11.2 Å². The monoisotopic (exact) mass is 288 g/mol. The van der Waals surface area contributed by atoms with Crippen molar-refractivity contribution in [2.45, 2.75) is 26.4 Å². The highest BCUT2D eigenvalue weighted by atomic mass is 16.6. The van der Waals surface area contributed by atoms with Crippen LogP contribution in [0.1, 0.15) is 36.8 Å². The maximum atomic E-state index is 11.6. The lowest BCUT2D eigenvalue weighted by molar-refractivity contribution is -0.148. The summed E-state index contributed by atoms with van der Waals surface area (Å²) in [7, 11) is 0. The fourth-order valence-corrected chi connectivity index (χ4v) is 1.75. The smallest absolute Gasteiger partial charge is 0.354 e. The van der Waals surface area contributed by atoms with E-state index in [1.165, 1.54) is 16.7 Å². The van der Waals surface area contributed by atoms with Gasteiger partial charge in [-0.2, -0.15) is 0 Å². The molecule has 0 saturated carbocycles. The van der Waals surface area contributed by atoms with Crippen LogP contribution in [0.25, 0.3) is 11.7 Å². The van der Waals surface area contributed by atoms with Crippen molar-refractivity contribution in [1.29, 1.82) is 0 Å². The molecule has 0 atom stereocenters. The van der Waals surface area contributed by atoms with Crippen molar-refractivity contribution in [1.82, 2.24) is 9.38 Å². The molecule has 0 radical (unpaired) electrons. The molecule has 2 aromatic heterocycles. The molecule has 0 fully saturated rings. The number of imidazole rings is 1. The van der Waals surface area contributed by atoms with Gasteiger partial charge in [-0.25, -0.2) is 14.6 Å². The second-order valence-electron chi connectivity index (χ2n) is 5.51. The zero-order chi connectivity index (χ0) is 15.6. The quantitative estimate of drug-likeness (QED) is 0.692. The molecule has 0 aliphatic rings. The number of ether oxygens (including phenoxy) is 1. The van der Waals surface area contributed by atoms with Crippen molar-refractivity contribution in [2.75, 3.05) is 0 Å². The number of aromatic nitrogens is 2. The summed E-state index contributed by atoms with van der Waals surface area (Å²) in [6, 6.07) is 3.43. The lowest BCUT2D eigenvalue weighted by Crippen LogP contribution is -2.22. The zero-order valence-corrected chi connectivity index (χ0v) is 12.0. The first kappa shape index (κ1) is 14.8. The van der Waals surface area contributed by atoms with E-state index in [1.807, 2.05) is 0 Å². The lowest BCUT2D eigenvalue weighted by Gasteiger charge is -2.17. The van der Waals surface area contributed by atoms with E-state index in [0.717, 1.165) is 0 Å². The van der Waals surface area contributed by atoms with Gasteiger partial charge in [-0.3, -0.25) is 4.40 Å². The zero-order valence-electron chi connectivity index (χ0n) is 12.0. The Morgan fingerprint density at radius 2 is 2.05 bits per heavy atom. The van der Waals surface area contributed by atoms with E-state index in [-0.39, 0.29) is 5.69 Å². The molecular weight excluding hydrogens is 272 g/mol. The molecule has 0 aromatic carbocycles. The summed E-state index contributed by atoms with van der Waals surface area (Å²) >= 11 is 0. The van der Waals surface area contributed by atoms with Gasteiger partial charge in [0.2, 0.25) is 0 Å². The largest absolute Gasteiger partial charge is 0.477 e. The fraction of sp³-hybridized carbons (Fsp3) is 0.267. The number of rotatable bonds is 3. The Kier molecular flexibility index (Phi) is 3.80. The van der Waals surface area contributed by atoms with Crippen LogP contribution in [0.4, 0.5) is 0 Å². The van der Waals surface area contributed by atoms with Gasteiger partial charge in [-0.15, -0.1) is 0 Å². The standard InChI is InChI=1S/C15H16N2O4/c1-15(2,3)21-13(18)7-5-10-4-6-12-16-8-11(14(19)20)17(12)9-10/h4-9H,1-3H3,(H,19,20). The highest BCUT2D eigenvalue weighted by Gasteiger charge is 2.14. The Balaban J connectivity index is 2.25. The summed E-state index contributed by atoms with van der Waals surface area (Å²) in [5, 5.41) is 9.06. The predicted octanol–water partition coefficient (Wildman–Crippen LogP) is 2.39. The minimum absolute atomic E-state index is 0.0671. The van der Waals surface area contributed by atoms with Gasteiger partial charge in [0.05, 0.1) is 6.20 Å². The van der Waals surface area contributed by atoms with E-state index < -0.39 is 17.5 Å². The Labute approximate surface area is 121 Å². The second-order valence-corrected chi connectivity index (χ2v) is 5.51. The lowest BCUT2D eigenvalue weighted by atomic mass is 10.2. The van der Waals surface area contributed by atoms with Crippen LogP contribution in [0.15, 0.2) is 30.6 Å². The maximum absolute atomic E-state index is 11.6. The molecule has 21 heavy (non-hydrogen) atoms. The van der Waals surface area contributed by atoms with E-state index in [0.29, 0.717) is 11.2 Å². The second kappa shape index (κ2) is 5.40. The van der Waals surface area contributed by atoms with Crippen LogP contribution in [0, 0.1) is 0 Å². The first-order valence-corrected chi connectivity index (χ1v) is 6.38. The first-order chi connectivity index (χ1) is 9.76. The number of nitrogens with zero attached hydrogens (tertiary/aromatic N) is 2. The van der Waals surface area contributed by atoms with Gasteiger partial charge >= 0.3 is 11.9 Å². The third kappa shape index (κ3) is 3.68. The number of pyridine rings is 1. The number of hydrogen-bond donors (Lipinski definition) is 1. The third-order valence-corrected chi connectivity index (χ3v) is 2.57. The van der Waals surface area contributed by atoms with Crippen LogP contribution < -0.4 is 0 Å². The van der Waals surface area contributed by atoms with Gasteiger partial charge in [-0.1, -0.05) is 0 Å². The number of carbonyl (C=O) groups excluding carboxylic acids is 1. The molecule has 0 aliphatic heterocycles. The average Bonchev–Trinajstić information content (AvgIpc) is 2.77. The summed E-state index contributed by atoms with van der Waals surface area (Å²) in [6.45, 7) is 5.36. The molecule has 0 amide bonds. The Bertz CT molecular complexity index is 723. The van der Waals surface area contributed by atoms with Gasteiger partial charge in [0.15, 0.2) is 5.69 Å². The molecule has 110 valence electrons. The minimum Gasteiger partial charge on any atom is -0.477 e. The van der Waals surface area contributed by atoms with Gasteiger partial charge in [0, 0.05) is 12.3 Å². The van der Waals surface area contributed by atoms with E-state index in [9.17, 15) is 9.59 Å². The van der Waals surface area contributed by atoms with E-state index >= 15 is 0 Å². The topological polar surface area (TPSA) is 80.9 Å². The highest BCUT2D eigenvalue weighted by molar-refractivity contribution is 5.88. The average molecular weight is 288 g/mol. The van der Waals surface area contributed by atoms with Crippen LogP contribution in [0.3, 0.4) is 0 Å². The molecule has 0 bridgehead atoms. The summed E-state index contributed by atoms with van der Waals surface area (Å²) in [4.78, 5) is 26.6.